The van der Waals surface area contributed by atoms with Crippen LogP contribution in [-0.2, 0) is 0 Å². The van der Waals surface area contributed by atoms with Crippen molar-refractivity contribution in [3.63, 3.8) is 0 Å². The number of hydrogen-bond donors (Lipinski definition) is 1. The first-order chi connectivity index (χ1) is 10.1. The van der Waals surface area contributed by atoms with E-state index >= 15 is 0 Å². The molecular weight excluding hydrogens is 273 g/mol. The zero-order chi connectivity index (χ0) is 15.2. The number of likely N-dealkylation sites (tertiary alicyclic amines) is 1. The number of ether oxygens (including phenoxy) is 1. The lowest BCUT2D eigenvalue weighted by molar-refractivity contribution is 0.0691. The number of aromatic carboxylic acids is 1. The van der Waals surface area contributed by atoms with E-state index in [9.17, 15) is 9.18 Å². The Morgan fingerprint density at radius 3 is 2.71 bits per heavy atom. The van der Waals surface area contributed by atoms with Gasteiger partial charge in [0.05, 0.1) is 5.56 Å². The number of unbranched alkanes of at least 4 members (excludes halogenated alkanes) is 1. The molecule has 1 saturated heterocycles. The van der Waals surface area contributed by atoms with Crippen LogP contribution in [0.3, 0.4) is 0 Å². The van der Waals surface area contributed by atoms with Gasteiger partial charge in [0.1, 0.15) is 17.7 Å². The normalized spacial score (nSPS) is 16.9. The second kappa shape index (κ2) is 7.41. The highest BCUT2D eigenvalue weighted by Crippen LogP contribution is 2.22. The summed E-state index contributed by atoms with van der Waals surface area (Å²) < 4.78 is 19.4. The van der Waals surface area contributed by atoms with Crippen molar-refractivity contribution in [3.05, 3.63) is 29.6 Å². The van der Waals surface area contributed by atoms with Crippen molar-refractivity contribution in [1.82, 2.24) is 4.90 Å². The highest BCUT2D eigenvalue weighted by molar-refractivity contribution is 5.88. The van der Waals surface area contributed by atoms with Crippen LogP contribution in [0, 0.1) is 5.82 Å². The number of carboxylic acids is 1. The number of piperidine rings is 1. The smallest absolute Gasteiger partial charge is 0.338 e. The monoisotopic (exact) mass is 295 g/mol. The molecule has 1 aromatic rings. The fraction of sp³-hybridized carbons (Fsp3) is 0.562. The zero-order valence-corrected chi connectivity index (χ0v) is 12.3. The molecule has 0 aromatic heterocycles. The molecule has 2 rings (SSSR count). The van der Waals surface area contributed by atoms with Crippen molar-refractivity contribution in [3.8, 4) is 5.75 Å². The van der Waals surface area contributed by atoms with E-state index in [4.69, 9.17) is 9.84 Å². The van der Waals surface area contributed by atoms with Gasteiger partial charge in [0.2, 0.25) is 0 Å². The number of nitrogens with zero attached hydrogens (tertiary/aromatic N) is 1. The molecule has 0 bridgehead atoms. The van der Waals surface area contributed by atoms with Crippen LogP contribution in [0.2, 0.25) is 0 Å². The molecule has 0 saturated carbocycles. The van der Waals surface area contributed by atoms with Gasteiger partial charge in [-0.15, -0.1) is 0 Å². The molecule has 0 amide bonds. The van der Waals surface area contributed by atoms with Gasteiger partial charge in [-0.05, 0) is 37.9 Å². The van der Waals surface area contributed by atoms with E-state index in [0.29, 0.717) is 5.75 Å². The molecule has 0 radical (unpaired) electrons. The molecule has 116 valence electrons. The average Bonchev–Trinajstić information content (AvgIpc) is 2.46. The summed E-state index contributed by atoms with van der Waals surface area (Å²) in [7, 11) is 0. The minimum absolute atomic E-state index is 0.0814. The standard InChI is InChI=1S/C16H22FNO3/c1-2-3-8-18-9-6-12(7-10-18)21-13-4-5-14(16(19)20)15(17)11-13/h4-5,11-12H,2-3,6-10H2,1H3,(H,19,20). The van der Waals surface area contributed by atoms with E-state index in [1.54, 1.807) is 0 Å². The lowest BCUT2D eigenvalue weighted by Crippen LogP contribution is -2.38. The van der Waals surface area contributed by atoms with E-state index in [0.717, 1.165) is 38.5 Å². The van der Waals surface area contributed by atoms with Gasteiger partial charge in [-0.25, -0.2) is 9.18 Å². The van der Waals surface area contributed by atoms with Crippen molar-refractivity contribution in [2.45, 2.75) is 38.7 Å². The molecule has 1 fully saturated rings. The number of halogens is 1. The number of carboxylic acid groups (broad SMARTS) is 1. The van der Waals surface area contributed by atoms with Crippen LogP contribution in [0.25, 0.3) is 0 Å². The van der Waals surface area contributed by atoms with Gasteiger partial charge in [-0.1, -0.05) is 13.3 Å². The van der Waals surface area contributed by atoms with Crippen LogP contribution < -0.4 is 4.74 Å². The summed E-state index contributed by atoms with van der Waals surface area (Å²) in [5, 5.41) is 8.79. The molecule has 0 aliphatic carbocycles. The molecule has 21 heavy (non-hydrogen) atoms. The maximum Gasteiger partial charge on any atom is 0.338 e. The minimum Gasteiger partial charge on any atom is -0.490 e. The zero-order valence-electron chi connectivity index (χ0n) is 12.3. The molecule has 5 heteroatoms. The second-order valence-corrected chi connectivity index (χ2v) is 5.46. The van der Waals surface area contributed by atoms with Gasteiger partial charge in [0, 0.05) is 19.2 Å². The van der Waals surface area contributed by atoms with Gasteiger partial charge >= 0.3 is 5.97 Å². The first-order valence-corrected chi connectivity index (χ1v) is 7.52. The van der Waals surface area contributed by atoms with Gasteiger partial charge in [-0.3, -0.25) is 0 Å². The first kappa shape index (κ1) is 15.8. The third-order valence-electron chi connectivity index (χ3n) is 3.84. The second-order valence-electron chi connectivity index (χ2n) is 5.46. The fourth-order valence-corrected chi connectivity index (χ4v) is 2.57. The van der Waals surface area contributed by atoms with Crippen LogP contribution in [0.15, 0.2) is 18.2 Å². The summed E-state index contributed by atoms with van der Waals surface area (Å²) in [5.74, 6) is -1.60. The molecule has 1 heterocycles. The Morgan fingerprint density at radius 1 is 1.43 bits per heavy atom. The molecule has 0 atom stereocenters. The van der Waals surface area contributed by atoms with Crippen LogP contribution in [0.4, 0.5) is 4.39 Å². The lowest BCUT2D eigenvalue weighted by atomic mass is 10.1. The van der Waals surface area contributed by atoms with Crippen molar-refractivity contribution < 1.29 is 19.0 Å². The number of hydrogen-bond acceptors (Lipinski definition) is 3. The van der Waals surface area contributed by atoms with E-state index in [1.807, 2.05) is 0 Å². The number of benzene rings is 1. The van der Waals surface area contributed by atoms with Gasteiger partial charge in [-0.2, -0.15) is 0 Å². The Morgan fingerprint density at radius 2 is 2.14 bits per heavy atom. The SMILES string of the molecule is CCCCN1CCC(Oc2ccc(C(=O)O)c(F)c2)CC1. The molecule has 1 aliphatic heterocycles. The molecule has 1 aromatic carbocycles. The van der Waals surface area contributed by atoms with E-state index in [-0.39, 0.29) is 11.7 Å². The maximum absolute atomic E-state index is 13.6. The topological polar surface area (TPSA) is 49.8 Å². The lowest BCUT2D eigenvalue weighted by Gasteiger charge is -2.32. The summed E-state index contributed by atoms with van der Waals surface area (Å²) in [6.45, 7) is 5.32. The van der Waals surface area contributed by atoms with Crippen molar-refractivity contribution in [1.29, 1.82) is 0 Å². The van der Waals surface area contributed by atoms with Gasteiger partial charge in [0.25, 0.3) is 0 Å². The highest BCUT2D eigenvalue weighted by Gasteiger charge is 2.20. The maximum atomic E-state index is 13.6. The fourth-order valence-electron chi connectivity index (χ4n) is 2.57. The Hall–Kier alpha value is -1.62. The molecule has 1 aliphatic rings. The van der Waals surface area contributed by atoms with Crippen LogP contribution in [0.5, 0.6) is 5.75 Å². The van der Waals surface area contributed by atoms with Crippen LogP contribution in [0.1, 0.15) is 43.0 Å². The van der Waals surface area contributed by atoms with E-state index in [1.165, 1.54) is 25.0 Å². The largest absolute Gasteiger partial charge is 0.490 e. The third-order valence-corrected chi connectivity index (χ3v) is 3.84. The van der Waals surface area contributed by atoms with Gasteiger partial charge < -0.3 is 14.7 Å². The highest BCUT2D eigenvalue weighted by atomic mass is 19.1. The molecule has 1 N–H and O–H groups in total. The molecule has 0 unspecified atom stereocenters. The molecule has 4 nitrogen and oxygen atoms in total. The summed E-state index contributed by atoms with van der Waals surface area (Å²) in [6, 6.07) is 3.94. The van der Waals surface area contributed by atoms with Crippen molar-refractivity contribution in [2.75, 3.05) is 19.6 Å². The quantitative estimate of drug-likeness (QED) is 0.876. The predicted octanol–water partition coefficient (Wildman–Crippen LogP) is 3.17. The van der Waals surface area contributed by atoms with Crippen LogP contribution >= 0.6 is 0 Å². The summed E-state index contributed by atoms with van der Waals surface area (Å²) in [4.78, 5) is 13.2. The molecule has 0 spiro atoms. The summed E-state index contributed by atoms with van der Waals surface area (Å²) in [6.07, 6.45) is 4.34. The van der Waals surface area contributed by atoms with Crippen molar-refractivity contribution >= 4 is 5.97 Å². The molecular formula is C16H22FNO3. The number of carbonyl (C=O) groups is 1. The first-order valence-electron chi connectivity index (χ1n) is 7.52. The Kier molecular flexibility index (Phi) is 5.56. The van der Waals surface area contributed by atoms with Gasteiger partial charge in [0.15, 0.2) is 0 Å². The van der Waals surface area contributed by atoms with Crippen molar-refractivity contribution in [2.24, 2.45) is 0 Å². The van der Waals surface area contributed by atoms with E-state index < -0.39 is 11.8 Å². The summed E-state index contributed by atoms with van der Waals surface area (Å²) in [5.41, 5.74) is -0.322. The predicted molar refractivity (Wildman–Crippen MR) is 78.4 cm³/mol. The Bertz CT molecular complexity index is 484. The average molecular weight is 295 g/mol. The Balaban J connectivity index is 1.86. The van der Waals surface area contributed by atoms with Crippen LogP contribution in [-0.4, -0.2) is 41.7 Å². The third kappa shape index (κ3) is 4.43. The Labute approximate surface area is 124 Å². The van der Waals surface area contributed by atoms with E-state index in [2.05, 4.69) is 11.8 Å². The summed E-state index contributed by atoms with van der Waals surface area (Å²) >= 11 is 0. The number of rotatable bonds is 6. The minimum atomic E-state index is -1.26.